The van der Waals surface area contributed by atoms with Crippen molar-refractivity contribution in [3.05, 3.63) is 28.2 Å². The fraction of sp³-hybridized carbons (Fsp3) is 0.200. The summed E-state index contributed by atoms with van der Waals surface area (Å²) in [4.78, 5) is 11.2. The SMILES string of the molecule is Cc1cc(NC(=O)NCC#N)ccc1Br. The molecule has 0 unspecified atom stereocenters. The Morgan fingerprint density at radius 1 is 1.60 bits per heavy atom. The van der Waals surface area contributed by atoms with Crippen LogP contribution in [0.2, 0.25) is 0 Å². The minimum absolute atomic E-state index is 0.00133. The normalized spacial score (nSPS) is 9.13. The molecule has 1 aromatic carbocycles. The maximum absolute atomic E-state index is 11.2. The van der Waals surface area contributed by atoms with E-state index in [-0.39, 0.29) is 12.6 Å². The van der Waals surface area contributed by atoms with Gasteiger partial charge in [-0.1, -0.05) is 15.9 Å². The van der Waals surface area contributed by atoms with Crippen LogP contribution in [0.4, 0.5) is 10.5 Å². The van der Waals surface area contributed by atoms with E-state index in [0.29, 0.717) is 5.69 Å². The number of amides is 2. The van der Waals surface area contributed by atoms with Gasteiger partial charge in [-0.3, -0.25) is 0 Å². The van der Waals surface area contributed by atoms with Crippen molar-refractivity contribution < 1.29 is 4.79 Å². The van der Waals surface area contributed by atoms with Gasteiger partial charge in [-0.25, -0.2) is 4.79 Å². The topological polar surface area (TPSA) is 64.9 Å². The summed E-state index contributed by atoms with van der Waals surface area (Å²) >= 11 is 3.37. The van der Waals surface area contributed by atoms with Crippen molar-refractivity contribution in [2.24, 2.45) is 0 Å². The van der Waals surface area contributed by atoms with E-state index in [1.807, 2.05) is 25.1 Å². The van der Waals surface area contributed by atoms with E-state index in [0.717, 1.165) is 10.0 Å². The Bertz CT molecular complexity index is 412. The van der Waals surface area contributed by atoms with Crippen LogP contribution in [0.15, 0.2) is 22.7 Å². The Morgan fingerprint density at radius 2 is 2.33 bits per heavy atom. The summed E-state index contributed by atoms with van der Waals surface area (Å²) in [5, 5.41) is 13.3. The molecule has 2 N–H and O–H groups in total. The van der Waals surface area contributed by atoms with Crippen molar-refractivity contribution in [1.82, 2.24) is 5.32 Å². The highest BCUT2D eigenvalue weighted by atomic mass is 79.9. The van der Waals surface area contributed by atoms with Gasteiger partial charge in [-0.05, 0) is 30.7 Å². The van der Waals surface area contributed by atoms with Gasteiger partial charge in [-0.2, -0.15) is 5.26 Å². The lowest BCUT2D eigenvalue weighted by Crippen LogP contribution is -2.28. The molecule has 0 saturated heterocycles. The number of hydrogen-bond acceptors (Lipinski definition) is 2. The number of halogens is 1. The Kier molecular flexibility index (Phi) is 4.13. The molecule has 0 saturated carbocycles. The lowest BCUT2D eigenvalue weighted by Gasteiger charge is -2.06. The zero-order valence-corrected chi connectivity index (χ0v) is 9.76. The van der Waals surface area contributed by atoms with Gasteiger partial charge in [0.25, 0.3) is 0 Å². The molecule has 1 aromatic rings. The summed E-state index contributed by atoms with van der Waals surface area (Å²) in [7, 11) is 0. The zero-order valence-electron chi connectivity index (χ0n) is 8.17. The second-order valence-corrected chi connectivity index (χ2v) is 3.78. The number of anilines is 1. The van der Waals surface area contributed by atoms with Crippen molar-refractivity contribution in [1.29, 1.82) is 5.26 Å². The molecule has 0 bridgehead atoms. The Labute approximate surface area is 96.4 Å². The number of benzene rings is 1. The third kappa shape index (κ3) is 3.60. The molecule has 0 aromatic heterocycles. The van der Waals surface area contributed by atoms with Crippen LogP contribution in [0.25, 0.3) is 0 Å². The summed E-state index contributed by atoms with van der Waals surface area (Å²) in [5.74, 6) is 0. The molecule has 0 spiro atoms. The van der Waals surface area contributed by atoms with Gasteiger partial charge in [0.1, 0.15) is 6.54 Å². The maximum atomic E-state index is 11.2. The third-order valence-corrected chi connectivity index (χ3v) is 2.63. The summed E-state index contributed by atoms with van der Waals surface area (Å²) in [5.41, 5.74) is 1.74. The minimum Gasteiger partial charge on any atom is -0.325 e. The van der Waals surface area contributed by atoms with Crippen molar-refractivity contribution in [2.75, 3.05) is 11.9 Å². The molecule has 4 nitrogen and oxygen atoms in total. The number of nitrogens with one attached hydrogen (secondary N) is 2. The summed E-state index contributed by atoms with van der Waals surface area (Å²) < 4.78 is 0.991. The van der Waals surface area contributed by atoms with Crippen LogP contribution >= 0.6 is 15.9 Å². The molecule has 78 valence electrons. The lowest BCUT2D eigenvalue weighted by molar-refractivity contribution is 0.253. The van der Waals surface area contributed by atoms with Crippen LogP contribution in [0.3, 0.4) is 0 Å². The molecule has 5 heteroatoms. The minimum atomic E-state index is -0.377. The second-order valence-electron chi connectivity index (χ2n) is 2.93. The number of urea groups is 1. The fourth-order valence-corrected chi connectivity index (χ4v) is 1.26. The smallest absolute Gasteiger partial charge is 0.320 e. The predicted molar refractivity (Wildman–Crippen MR) is 61.5 cm³/mol. The molecule has 0 aliphatic rings. The Balaban J connectivity index is 2.62. The number of carbonyl (C=O) groups is 1. The number of hydrogen-bond donors (Lipinski definition) is 2. The van der Waals surface area contributed by atoms with Crippen LogP contribution in [0.1, 0.15) is 5.56 Å². The first kappa shape index (κ1) is 11.5. The molecule has 0 atom stereocenters. The highest BCUT2D eigenvalue weighted by molar-refractivity contribution is 9.10. The first-order chi connectivity index (χ1) is 7.13. The zero-order chi connectivity index (χ0) is 11.3. The molecule has 0 heterocycles. The molecule has 0 fully saturated rings. The van der Waals surface area contributed by atoms with Crippen LogP contribution in [-0.4, -0.2) is 12.6 Å². The Hall–Kier alpha value is -1.54. The van der Waals surface area contributed by atoms with Crippen molar-refractivity contribution >= 4 is 27.6 Å². The highest BCUT2D eigenvalue weighted by Crippen LogP contribution is 2.19. The second kappa shape index (κ2) is 5.37. The van der Waals surface area contributed by atoms with Gasteiger partial charge in [-0.15, -0.1) is 0 Å². The molecular weight excluding hydrogens is 258 g/mol. The number of carbonyl (C=O) groups excluding carboxylic acids is 1. The largest absolute Gasteiger partial charge is 0.325 e. The molecule has 0 aliphatic heterocycles. The summed E-state index contributed by atoms with van der Waals surface area (Å²) in [6.07, 6.45) is 0. The maximum Gasteiger partial charge on any atom is 0.320 e. The average Bonchev–Trinajstić information content (AvgIpc) is 2.20. The van der Waals surface area contributed by atoms with E-state index in [4.69, 9.17) is 5.26 Å². The molecule has 1 rings (SSSR count). The Morgan fingerprint density at radius 3 is 2.93 bits per heavy atom. The molecule has 15 heavy (non-hydrogen) atoms. The van der Waals surface area contributed by atoms with Gasteiger partial charge in [0, 0.05) is 10.2 Å². The number of nitrogens with zero attached hydrogens (tertiary/aromatic N) is 1. The predicted octanol–water partition coefficient (Wildman–Crippen LogP) is 2.40. The van der Waals surface area contributed by atoms with Gasteiger partial charge in [0.15, 0.2) is 0 Å². The van der Waals surface area contributed by atoms with Gasteiger partial charge in [0.05, 0.1) is 6.07 Å². The summed E-state index contributed by atoms with van der Waals surface area (Å²) in [6.45, 7) is 1.93. The molecule has 0 radical (unpaired) electrons. The average molecular weight is 268 g/mol. The summed E-state index contributed by atoms with van der Waals surface area (Å²) in [6, 6.07) is 6.93. The van der Waals surface area contributed by atoms with Crippen molar-refractivity contribution in [3.63, 3.8) is 0 Å². The monoisotopic (exact) mass is 267 g/mol. The van der Waals surface area contributed by atoms with Crippen LogP contribution in [-0.2, 0) is 0 Å². The first-order valence-corrected chi connectivity index (χ1v) is 5.10. The van der Waals surface area contributed by atoms with E-state index >= 15 is 0 Å². The fourth-order valence-electron chi connectivity index (χ4n) is 1.02. The third-order valence-electron chi connectivity index (χ3n) is 1.74. The van der Waals surface area contributed by atoms with E-state index in [1.54, 1.807) is 6.07 Å². The number of aryl methyl sites for hydroxylation is 1. The van der Waals surface area contributed by atoms with Gasteiger partial charge in [0.2, 0.25) is 0 Å². The first-order valence-electron chi connectivity index (χ1n) is 4.31. The van der Waals surface area contributed by atoms with Gasteiger partial charge >= 0.3 is 6.03 Å². The van der Waals surface area contributed by atoms with E-state index < -0.39 is 0 Å². The van der Waals surface area contributed by atoms with Crippen LogP contribution in [0, 0.1) is 18.3 Å². The number of rotatable bonds is 2. The highest BCUT2D eigenvalue weighted by Gasteiger charge is 2.01. The molecule has 2 amide bonds. The van der Waals surface area contributed by atoms with Crippen molar-refractivity contribution in [3.8, 4) is 6.07 Å². The van der Waals surface area contributed by atoms with E-state index in [9.17, 15) is 4.79 Å². The standard InChI is InChI=1S/C10H10BrN3O/c1-7-6-8(2-3-9(7)11)14-10(15)13-5-4-12/h2-3,6H,5H2,1H3,(H2,13,14,15). The van der Waals surface area contributed by atoms with Crippen LogP contribution < -0.4 is 10.6 Å². The quantitative estimate of drug-likeness (QED) is 0.809. The molecule has 0 aliphatic carbocycles. The molecular formula is C10H10BrN3O. The van der Waals surface area contributed by atoms with Gasteiger partial charge < -0.3 is 10.6 Å². The number of nitriles is 1. The lowest BCUT2D eigenvalue weighted by atomic mass is 10.2. The van der Waals surface area contributed by atoms with E-state index in [1.165, 1.54) is 0 Å². The van der Waals surface area contributed by atoms with E-state index in [2.05, 4.69) is 26.6 Å². The van der Waals surface area contributed by atoms with Crippen molar-refractivity contribution in [2.45, 2.75) is 6.92 Å². The van der Waals surface area contributed by atoms with Crippen LogP contribution in [0.5, 0.6) is 0 Å².